The summed E-state index contributed by atoms with van der Waals surface area (Å²) in [6.45, 7) is 0.663. The number of furan rings is 1. The van der Waals surface area contributed by atoms with Gasteiger partial charge in [-0.15, -0.1) is 0 Å². The lowest BCUT2D eigenvalue weighted by molar-refractivity contribution is 0.669. The van der Waals surface area contributed by atoms with E-state index in [2.05, 4.69) is 145 Å². The zero-order valence-electron chi connectivity index (χ0n) is 26.9. The Morgan fingerprint density at radius 3 is 1.80 bits per heavy atom. The van der Waals surface area contributed by atoms with E-state index in [1.807, 2.05) is 12.1 Å². The molecule has 0 atom stereocenters. The molecule has 3 nitrogen and oxygen atoms in total. The van der Waals surface area contributed by atoms with E-state index in [-0.39, 0.29) is 0 Å². The number of fused-ring (bicyclic) bond motifs is 9. The normalized spacial score (nSPS) is 14.4. The largest absolute Gasteiger partial charge is 0.456 e. The molecule has 2 aliphatic rings. The average Bonchev–Trinajstić information content (AvgIpc) is 3.56. The molecule has 8 aromatic rings. The topological polar surface area (TPSA) is 37.5 Å². The molecule has 7 aromatic carbocycles. The summed E-state index contributed by atoms with van der Waals surface area (Å²) < 4.78 is 6.15. The molecule has 1 aliphatic heterocycles. The van der Waals surface area contributed by atoms with Gasteiger partial charge in [0.2, 0.25) is 0 Å². The maximum Gasteiger partial charge on any atom is 0.135 e. The summed E-state index contributed by atoms with van der Waals surface area (Å²) >= 11 is 0. The highest BCUT2D eigenvalue weighted by atomic mass is 16.3. The Labute approximate surface area is 284 Å². The lowest BCUT2D eigenvalue weighted by Crippen LogP contribution is -2.21. The van der Waals surface area contributed by atoms with E-state index in [0.717, 1.165) is 57.3 Å². The van der Waals surface area contributed by atoms with E-state index in [0.29, 0.717) is 6.54 Å². The van der Waals surface area contributed by atoms with Gasteiger partial charge < -0.3 is 9.73 Å². The number of nitrogens with one attached hydrogen (secondary N) is 1. The third-order valence-corrected chi connectivity index (χ3v) is 10.1. The van der Waals surface area contributed by atoms with Crippen molar-refractivity contribution in [1.29, 1.82) is 0 Å². The molecule has 0 radical (unpaired) electrons. The summed E-state index contributed by atoms with van der Waals surface area (Å²) in [7, 11) is 0. The van der Waals surface area contributed by atoms with Gasteiger partial charge in [-0.25, -0.2) is 4.99 Å². The number of allylic oxidation sites excluding steroid dienone is 3. The number of benzene rings is 7. The zero-order valence-corrected chi connectivity index (χ0v) is 26.9. The van der Waals surface area contributed by atoms with Gasteiger partial charge in [-0.2, -0.15) is 0 Å². The van der Waals surface area contributed by atoms with Gasteiger partial charge in [0.15, 0.2) is 0 Å². The first-order valence-corrected chi connectivity index (χ1v) is 17.1. The Balaban J connectivity index is 1.14. The van der Waals surface area contributed by atoms with Crippen LogP contribution in [-0.4, -0.2) is 12.3 Å². The number of nitrogens with zero attached hydrogens (tertiary/aromatic N) is 1. The van der Waals surface area contributed by atoms with Crippen molar-refractivity contribution in [1.82, 2.24) is 0 Å². The quantitative estimate of drug-likeness (QED) is 0.197. The van der Waals surface area contributed by atoms with Crippen LogP contribution in [0.5, 0.6) is 0 Å². The second kappa shape index (κ2) is 11.2. The number of aliphatic imine (C=N–C) groups is 1. The van der Waals surface area contributed by atoms with Crippen molar-refractivity contribution < 1.29 is 4.42 Å². The van der Waals surface area contributed by atoms with E-state index in [4.69, 9.17) is 9.41 Å². The third kappa shape index (κ3) is 4.62. The van der Waals surface area contributed by atoms with Crippen molar-refractivity contribution >= 4 is 66.1 Å². The monoisotopic (exact) mass is 628 g/mol. The Morgan fingerprint density at radius 1 is 0.449 bits per heavy atom. The maximum atomic E-state index is 6.15. The van der Waals surface area contributed by atoms with Crippen LogP contribution in [-0.2, 0) is 0 Å². The van der Waals surface area contributed by atoms with Crippen molar-refractivity contribution in [3.05, 3.63) is 163 Å². The molecule has 0 saturated carbocycles. The first-order chi connectivity index (χ1) is 24.3. The summed E-state index contributed by atoms with van der Waals surface area (Å²) in [6.07, 6.45) is 6.77. The molecule has 49 heavy (non-hydrogen) atoms. The third-order valence-electron chi connectivity index (χ3n) is 10.1. The molecule has 3 heteroatoms. The molecule has 1 aliphatic carbocycles. The summed E-state index contributed by atoms with van der Waals surface area (Å²) in [6, 6.07) is 49.9. The number of hydrogen-bond donors (Lipinski definition) is 1. The van der Waals surface area contributed by atoms with E-state index in [1.54, 1.807) is 0 Å². The second-order valence-electron chi connectivity index (χ2n) is 13.0. The van der Waals surface area contributed by atoms with Crippen LogP contribution in [0.3, 0.4) is 0 Å². The molecule has 0 unspecified atom stereocenters. The minimum atomic E-state index is 0.663. The van der Waals surface area contributed by atoms with Crippen LogP contribution in [0, 0.1) is 0 Å². The standard InChI is InChI=1S/C46H32N2O/c1-3-11-29(12-4-1)31-19-22-37-39(25-31)40-26-32(30-13-5-2-6-14-30)20-23-38(40)46-45(37)47-28-42(48-46)35-16-8-7-15-34(35)33-21-24-44-41(27-33)36-17-9-10-18-43(36)49-44/h1-6,9-27,47H,7-8,28H2. The molecule has 0 fully saturated rings. The molecule has 0 spiro atoms. The van der Waals surface area contributed by atoms with Crippen molar-refractivity contribution in [3.8, 4) is 22.3 Å². The predicted octanol–water partition coefficient (Wildman–Crippen LogP) is 12.5. The molecule has 1 N–H and O–H groups in total. The molecule has 0 amide bonds. The summed E-state index contributed by atoms with van der Waals surface area (Å²) in [5.41, 5.74) is 13.5. The molecule has 2 heterocycles. The van der Waals surface area contributed by atoms with Crippen molar-refractivity contribution in [3.63, 3.8) is 0 Å². The van der Waals surface area contributed by atoms with Crippen LogP contribution >= 0.6 is 0 Å². The van der Waals surface area contributed by atoms with Crippen LogP contribution in [0.1, 0.15) is 18.4 Å². The molecule has 232 valence electrons. The Morgan fingerprint density at radius 2 is 1.04 bits per heavy atom. The summed E-state index contributed by atoms with van der Waals surface area (Å²) in [5.74, 6) is 0. The van der Waals surface area contributed by atoms with E-state index < -0.39 is 0 Å². The highest BCUT2D eigenvalue weighted by Gasteiger charge is 2.24. The number of para-hydroxylation sites is 1. The van der Waals surface area contributed by atoms with Crippen molar-refractivity contribution in [2.45, 2.75) is 12.8 Å². The fourth-order valence-corrected chi connectivity index (χ4v) is 7.75. The molecule has 1 aromatic heterocycles. The maximum absolute atomic E-state index is 6.15. The van der Waals surface area contributed by atoms with Crippen molar-refractivity contribution in [2.75, 3.05) is 11.9 Å². The summed E-state index contributed by atoms with van der Waals surface area (Å²) in [4.78, 5) is 5.53. The van der Waals surface area contributed by atoms with Crippen LogP contribution in [0.4, 0.5) is 11.4 Å². The van der Waals surface area contributed by atoms with Crippen LogP contribution < -0.4 is 5.32 Å². The van der Waals surface area contributed by atoms with E-state index in [9.17, 15) is 0 Å². The van der Waals surface area contributed by atoms with Crippen LogP contribution in [0.15, 0.2) is 167 Å². The highest BCUT2D eigenvalue weighted by Crippen LogP contribution is 2.47. The van der Waals surface area contributed by atoms with Gasteiger partial charge >= 0.3 is 0 Å². The zero-order chi connectivity index (χ0) is 32.3. The van der Waals surface area contributed by atoms with Gasteiger partial charge in [-0.05, 0) is 87.3 Å². The minimum absolute atomic E-state index is 0.663. The lowest BCUT2D eigenvalue weighted by atomic mass is 9.87. The van der Waals surface area contributed by atoms with Gasteiger partial charge in [0.25, 0.3) is 0 Å². The Hall–Kier alpha value is -6.19. The fourth-order valence-electron chi connectivity index (χ4n) is 7.75. The average molecular weight is 629 g/mol. The first-order valence-electron chi connectivity index (χ1n) is 17.1. The SMILES string of the molecule is C1=C(C2=Nc3c(c4ccc(-c5ccccc5)cc4c4cc(-c5ccccc5)ccc34)NC2)C(c2ccc3oc4ccccc4c3c2)=CCC1. The molecule has 10 rings (SSSR count). The number of anilines is 1. The minimum Gasteiger partial charge on any atom is -0.456 e. The van der Waals surface area contributed by atoms with Gasteiger partial charge in [0.05, 0.1) is 23.6 Å². The highest BCUT2D eigenvalue weighted by molar-refractivity contribution is 6.26. The Bertz CT molecular complexity index is 2690. The van der Waals surface area contributed by atoms with Gasteiger partial charge in [-0.1, -0.05) is 121 Å². The fraction of sp³-hybridized carbons (Fsp3) is 0.0652. The lowest BCUT2D eigenvalue weighted by Gasteiger charge is -2.26. The summed E-state index contributed by atoms with van der Waals surface area (Å²) in [5, 5.41) is 11.0. The second-order valence-corrected chi connectivity index (χ2v) is 13.0. The molecular weight excluding hydrogens is 597 g/mol. The number of rotatable bonds is 4. The van der Waals surface area contributed by atoms with Gasteiger partial charge in [-0.3, -0.25) is 0 Å². The number of hydrogen-bond acceptors (Lipinski definition) is 3. The predicted molar refractivity (Wildman–Crippen MR) is 207 cm³/mol. The first kappa shape index (κ1) is 27.9. The van der Waals surface area contributed by atoms with E-state index in [1.165, 1.54) is 55.1 Å². The van der Waals surface area contributed by atoms with E-state index >= 15 is 0 Å². The molecule has 0 bridgehead atoms. The van der Waals surface area contributed by atoms with Crippen LogP contribution in [0.2, 0.25) is 0 Å². The smallest absolute Gasteiger partial charge is 0.135 e. The van der Waals surface area contributed by atoms with Crippen LogP contribution in [0.25, 0.3) is 71.3 Å². The molecular formula is C46H32N2O. The molecule has 0 saturated heterocycles. The van der Waals surface area contributed by atoms with Crippen molar-refractivity contribution in [2.24, 2.45) is 4.99 Å². The van der Waals surface area contributed by atoms with Gasteiger partial charge in [0, 0.05) is 27.1 Å². The Kier molecular flexibility index (Phi) is 6.38. The van der Waals surface area contributed by atoms with Gasteiger partial charge in [0.1, 0.15) is 11.2 Å².